The van der Waals surface area contributed by atoms with E-state index >= 15 is 0 Å². The highest BCUT2D eigenvalue weighted by Crippen LogP contribution is 2.23. The molecule has 0 radical (unpaired) electrons. The third-order valence-corrected chi connectivity index (χ3v) is 1.90. The first kappa shape index (κ1) is 14.0. The van der Waals surface area contributed by atoms with E-state index in [1.165, 1.54) is 0 Å². The maximum atomic E-state index is 8.73. The number of aliphatic hydroxyl groups excluding tert-OH is 1. The van der Waals surface area contributed by atoms with Crippen LogP contribution in [0, 0.1) is 0 Å². The predicted molar refractivity (Wildman–Crippen MR) is 61.3 cm³/mol. The van der Waals surface area contributed by atoms with Gasteiger partial charge in [0, 0.05) is 11.8 Å². The van der Waals surface area contributed by atoms with Gasteiger partial charge in [-0.05, 0) is 5.92 Å². The summed E-state index contributed by atoms with van der Waals surface area (Å²) in [7, 11) is 1.61. The minimum atomic E-state index is 0.0996. The van der Waals surface area contributed by atoms with Gasteiger partial charge in [0.2, 0.25) is 5.88 Å². The van der Waals surface area contributed by atoms with Gasteiger partial charge in [0.05, 0.1) is 20.3 Å². The summed E-state index contributed by atoms with van der Waals surface area (Å²) >= 11 is 0. The Morgan fingerprint density at radius 3 is 2.40 bits per heavy atom. The fourth-order valence-corrected chi connectivity index (χ4v) is 1.19. The van der Waals surface area contributed by atoms with Crippen LogP contribution in [0.25, 0.3) is 0 Å². The predicted octanol–water partition coefficient (Wildman–Crippen LogP) is 2.03. The van der Waals surface area contributed by atoms with E-state index in [0.717, 1.165) is 5.56 Å². The number of aromatic nitrogens is 2. The summed E-state index contributed by atoms with van der Waals surface area (Å²) in [5, 5.41) is 12.9. The number of hydrogen-bond donors (Lipinski definition) is 1. The van der Waals surface area contributed by atoms with Crippen molar-refractivity contribution in [3.8, 4) is 5.88 Å². The molecule has 0 atom stereocenters. The van der Waals surface area contributed by atoms with Gasteiger partial charge in [-0.3, -0.25) is 4.68 Å². The van der Waals surface area contributed by atoms with Crippen molar-refractivity contribution in [1.29, 1.82) is 0 Å². The molecule has 0 spiro atoms. The van der Waals surface area contributed by atoms with Crippen LogP contribution in [-0.4, -0.2) is 28.6 Å². The molecule has 0 aliphatic carbocycles. The van der Waals surface area contributed by atoms with Gasteiger partial charge in [0.15, 0.2) is 0 Å². The fourth-order valence-electron chi connectivity index (χ4n) is 1.19. The van der Waals surface area contributed by atoms with E-state index in [9.17, 15) is 0 Å². The number of methoxy groups -OCH3 is 1. The van der Waals surface area contributed by atoms with Gasteiger partial charge >= 0.3 is 0 Å². The van der Waals surface area contributed by atoms with Crippen molar-refractivity contribution >= 4 is 0 Å². The van der Waals surface area contributed by atoms with Crippen molar-refractivity contribution in [1.82, 2.24) is 9.78 Å². The third kappa shape index (κ3) is 3.91. The zero-order chi connectivity index (χ0) is 11.8. The molecule has 0 saturated carbocycles. The van der Waals surface area contributed by atoms with E-state index in [2.05, 4.69) is 18.9 Å². The molecule has 0 bridgehead atoms. The topological polar surface area (TPSA) is 47.3 Å². The molecule has 1 heterocycles. The minimum absolute atomic E-state index is 0.0996. The minimum Gasteiger partial charge on any atom is -0.480 e. The first-order valence-corrected chi connectivity index (χ1v) is 5.41. The summed E-state index contributed by atoms with van der Waals surface area (Å²) in [4.78, 5) is 0. The van der Waals surface area contributed by atoms with Crippen LogP contribution in [0.2, 0.25) is 0 Å². The molecule has 1 aromatic rings. The smallest absolute Gasteiger partial charge is 0.235 e. The van der Waals surface area contributed by atoms with E-state index in [4.69, 9.17) is 9.84 Å². The molecule has 0 aliphatic rings. The number of ether oxygens (including phenoxy) is 1. The molecule has 4 heteroatoms. The molecule has 0 aromatic carbocycles. The maximum absolute atomic E-state index is 8.73. The lowest BCUT2D eigenvalue weighted by Crippen LogP contribution is -2.02. The van der Waals surface area contributed by atoms with Crippen LogP contribution in [0.4, 0.5) is 0 Å². The van der Waals surface area contributed by atoms with E-state index in [0.29, 0.717) is 18.3 Å². The summed E-state index contributed by atoms with van der Waals surface area (Å²) in [6.07, 6.45) is 1.92. The van der Waals surface area contributed by atoms with Crippen LogP contribution in [0.15, 0.2) is 6.20 Å². The quantitative estimate of drug-likeness (QED) is 0.834. The van der Waals surface area contributed by atoms with Crippen LogP contribution in [0.1, 0.15) is 39.2 Å². The van der Waals surface area contributed by atoms with Gasteiger partial charge in [-0.15, -0.1) is 5.10 Å². The molecule has 1 aromatic heterocycles. The molecular formula is C11H22N2O2. The van der Waals surface area contributed by atoms with Crippen LogP contribution in [-0.2, 0) is 6.54 Å². The Kier molecular flexibility index (Phi) is 6.79. The summed E-state index contributed by atoms with van der Waals surface area (Å²) in [6, 6.07) is 0. The van der Waals surface area contributed by atoms with Gasteiger partial charge in [0.1, 0.15) is 0 Å². The van der Waals surface area contributed by atoms with Crippen molar-refractivity contribution in [2.24, 2.45) is 0 Å². The largest absolute Gasteiger partial charge is 0.480 e. The van der Waals surface area contributed by atoms with Gasteiger partial charge in [-0.2, -0.15) is 0 Å². The molecule has 0 saturated heterocycles. The molecular weight excluding hydrogens is 192 g/mol. The summed E-state index contributed by atoms with van der Waals surface area (Å²) in [6.45, 7) is 8.79. The Hall–Kier alpha value is -1.03. The molecule has 4 nitrogen and oxygen atoms in total. The molecule has 1 rings (SSSR count). The third-order valence-electron chi connectivity index (χ3n) is 1.90. The Morgan fingerprint density at radius 2 is 2.07 bits per heavy atom. The van der Waals surface area contributed by atoms with Crippen LogP contribution >= 0.6 is 0 Å². The summed E-state index contributed by atoms with van der Waals surface area (Å²) in [5.41, 5.74) is 1.08. The van der Waals surface area contributed by atoms with E-state index in [-0.39, 0.29) is 6.61 Å². The molecule has 15 heavy (non-hydrogen) atoms. The normalized spacial score (nSPS) is 9.80. The lowest BCUT2D eigenvalue weighted by atomic mass is 10.1. The van der Waals surface area contributed by atoms with Gasteiger partial charge in [0.25, 0.3) is 0 Å². The number of hydrogen-bond acceptors (Lipinski definition) is 3. The molecule has 0 unspecified atom stereocenters. The maximum Gasteiger partial charge on any atom is 0.235 e. The van der Waals surface area contributed by atoms with Crippen molar-refractivity contribution in [2.75, 3.05) is 13.7 Å². The van der Waals surface area contributed by atoms with E-state index in [1.807, 2.05) is 20.0 Å². The highest BCUT2D eigenvalue weighted by atomic mass is 16.5. The SMILES string of the molecule is CC.COc1nn(CCO)cc1C(C)C. The van der Waals surface area contributed by atoms with Gasteiger partial charge in [-0.1, -0.05) is 27.7 Å². The molecule has 0 aliphatic heterocycles. The monoisotopic (exact) mass is 214 g/mol. The Bertz CT molecular complexity index is 270. The highest BCUT2D eigenvalue weighted by molar-refractivity contribution is 5.26. The fraction of sp³-hybridized carbons (Fsp3) is 0.727. The highest BCUT2D eigenvalue weighted by Gasteiger charge is 2.11. The van der Waals surface area contributed by atoms with Crippen LogP contribution < -0.4 is 4.74 Å². The van der Waals surface area contributed by atoms with E-state index < -0.39 is 0 Å². The standard InChI is InChI=1S/C9H16N2O2.C2H6/c1-7(2)8-6-11(4-5-12)10-9(8)13-3;1-2/h6-7,12H,4-5H2,1-3H3;1-2H3. The lowest BCUT2D eigenvalue weighted by molar-refractivity contribution is 0.267. The van der Waals surface area contributed by atoms with Gasteiger partial charge in [-0.25, -0.2) is 0 Å². The molecule has 1 N–H and O–H groups in total. The van der Waals surface area contributed by atoms with Gasteiger partial charge < -0.3 is 9.84 Å². The average molecular weight is 214 g/mol. The number of aliphatic hydroxyl groups is 1. The second kappa shape index (κ2) is 7.29. The number of nitrogens with zero attached hydrogens (tertiary/aromatic N) is 2. The summed E-state index contributed by atoms with van der Waals surface area (Å²) < 4.78 is 6.82. The first-order valence-electron chi connectivity index (χ1n) is 5.41. The Balaban J connectivity index is 0.000000921. The van der Waals surface area contributed by atoms with Crippen LogP contribution in [0.5, 0.6) is 5.88 Å². The second-order valence-corrected chi connectivity index (χ2v) is 3.24. The zero-order valence-corrected chi connectivity index (χ0v) is 10.3. The Morgan fingerprint density at radius 1 is 1.47 bits per heavy atom. The van der Waals surface area contributed by atoms with Crippen LogP contribution in [0.3, 0.4) is 0 Å². The molecule has 88 valence electrons. The van der Waals surface area contributed by atoms with Crippen molar-refractivity contribution in [3.63, 3.8) is 0 Å². The van der Waals surface area contributed by atoms with Crippen molar-refractivity contribution in [3.05, 3.63) is 11.8 Å². The zero-order valence-electron chi connectivity index (χ0n) is 10.3. The lowest BCUT2D eigenvalue weighted by Gasteiger charge is -2.01. The van der Waals surface area contributed by atoms with Crippen molar-refractivity contribution in [2.45, 2.75) is 40.2 Å². The average Bonchev–Trinajstić information content (AvgIpc) is 2.65. The molecule has 0 fully saturated rings. The van der Waals surface area contributed by atoms with Crippen molar-refractivity contribution < 1.29 is 9.84 Å². The Labute approximate surface area is 91.9 Å². The second-order valence-electron chi connectivity index (χ2n) is 3.24. The number of rotatable bonds is 4. The molecule has 0 amide bonds. The first-order chi connectivity index (χ1) is 7.19. The van der Waals surface area contributed by atoms with E-state index in [1.54, 1.807) is 11.8 Å². The summed E-state index contributed by atoms with van der Waals surface area (Å²) in [5.74, 6) is 1.05.